The van der Waals surface area contributed by atoms with E-state index in [4.69, 9.17) is 5.73 Å². The fourth-order valence-corrected chi connectivity index (χ4v) is 2.50. The molecule has 2 nitrogen and oxygen atoms in total. The average Bonchev–Trinajstić information content (AvgIpc) is 2.41. The van der Waals surface area contributed by atoms with Gasteiger partial charge in [-0.05, 0) is 48.8 Å². The van der Waals surface area contributed by atoms with Gasteiger partial charge in [-0.2, -0.15) is 0 Å². The van der Waals surface area contributed by atoms with E-state index >= 15 is 0 Å². The second kappa shape index (κ2) is 7.68. The highest BCUT2D eigenvalue weighted by atomic mass is 15.1. The summed E-state index contributed by atoms with van der Waals surface area (Å²) in [5.74, 6) is 0. The minimum Gasteiger partial charge on any atom is -0.372 e. The van der Waals surface area contributed by atoms with Crippen molar-refractivity contribution < 1.29 is 0 Å². The number of aryl methyl sites for hydroxylation is 1. The number of hydrogen-bond donors (Lipinski definition) is 1. The molecule has 1 rings (SSSR count). The molecule has 0 amide bonds. The largest absolute Gasteiger partial charge is 0.372 e. The Morgan fingerprint density at radius 2 is 1.85 bits per heavy atom. The molecule has 0 aliphatic carbocycles. The van der Waals surface area contributed by atoms with Crippen molar-refractivity contribution >= 4 is 5.69 Å². The van der Waals surface area contributed by atoms with Crippen LogP contribution in [0.15, 0.2) is 18.2 Å². The number of rotatable bonds is 7. The smallest absolute Gasteiger partial charge is 0.0411 e. The van der Waals surface area contributed by atoms with E-state index < -0.39 is 0 Å². The first-order chi connectivity index (χ1) is 9.41. The SMILES string of the molecule is CCCN(CC)c1ccc(CCC(C)(C)C)cc1CN. The monoisotopic (exact) mass is 276 g/mol. The molecule has 0 radical (unpaired) electrons. The lowest BCUT2D eigenvalue weighted by Crippen LogP contribution is -2.25. The van der Waals surface area contributed by atoms with Gasteiger partial charge in [-0.25, -0.2) is 0 Å². The van der Waals surface area contributed by atoms with E-state index in [9.17, 15) is 0 Å². The van der Waals surface area contributed by atoms with Crippen LogP contribution in [0.1, 0.15) is 58.6 Å². The molecular formula is C18H32N2. The van der Waals surface area contributed by atoms with Gasteiger partial charge in [0.1, 0.15) is 0 Å². The van der Waals surface area contributed by atoms with Gasteiger partial charge in [-0.15, -0.1) is 0 Å². The zero-order valence-corrected chi connectivity index (χ0v) is 14.0. The van der Waals surface area contributed by atoms with Crippen molar-refractivity contribution in [1.29, 1.82) is 0 Å². The molecule has 0 saturated carbocycles. The van der Waals surface area contributed by atoms with E-state index in [1.165, 1.54) is 29.7 Å². The molecule has 0 saturated heterocycles. The lowest BCUT2D eigenvalue weighted by molar-refractivity contribution is 0.378. The molecule has 0 heterocycles. The van der Waals surface area contributed by atoms with Crippen LogP contribution in [-0.4, -0.2) is 13.1 Å². The topological polar surface area (TPSA) is 29.3 Å². The highest BCUT2D eigenvalue weighted by Gasteiger charge is 2.12. The zero-order chi connectivity index (χ0) is 15.2. The fourth-order valence-electron chi connectivity index (χ4n) is 2.50. The molecule has 0 aromatic heterocycles. The summed E-state index contributed by atoms with van der Waals surface area (Å²) in [7, 11) is 0. The third-order valence-electron chi connectivity index (χ3n) is 3.74. The Labute approximate surface area is 125 Å². The summed E-state index contributed by atoms with van der Waals surface area (Å²) in [6.07, 6.45) is 3.52. The maximum atomic E-state index is 5.96. The van der Waals surface area contributed by atoms with E-state index in [0.29, 0.717) is 12.0 Å². The molecule has 0 bridgehead atoms. The van der Waals surface area contributed by atoms with Crippen molar-refractivity contribution in [3.63, 3.8) is 0 Å². The van der Waals surface area contributed by atoms with E-state index in [2.05, 4.69) is 57.7 Å². The highest BCUT2D eigenvalue weighted by Crippen LogP contribution is 2.26. The molecule has 2 heteroatoms. The number of nitrogens with two attached hydrogens (primary N) is 1. The van der Waals surface area contributed by atoms with Crippen molar-refractivity contribution in [3.8, 4) is 0 Å². The number of anilines is 1. The van der Waals surface area contributed by atoms with Gasteiger partial charge in [-0.3, -0.25) is 0 Å². The van der Waals surface area contributed by atoms with E-state index in [1.54, 1.807) is 0 Å². The van der Waals surface area contributed by atoms with Gasteiger partial charge in [0.05, 0.1) is 0 Å². The summed E-state index contributed by atoms with van der Waals surface area (Å²) in [6, 6.07) is 6.84. The quantitative estimate of drug-likeness (QED) is 0.801. The third-order valence-corrected chi connectivity index (χ3v) is 3.74. The van der Waals surface area contributed by atoms with Crippen LogP contribution in [0, 0.1) is 5.41 Å². The maximum Gasteiger partial charge on any atom is 0.0411 e. The van der Waals surface area contributed by atoms with Crippen LogP contribution in [0.4, 0.5) is 5.69 Å². The van der Waals surface area contributed by atoms with E-state index in [0.717, 1.165) is 19.5 Å². The third kappa shape index (κ3) is 5.16. The average molecular weight is 276 g/mol. The molecule has 1 aromatic carbocycles. The lowest BCUT2D eigenvalue weighted by atomic mass is 9.88. The highest BCUT2D eigenvalue weighted by molar-refractivity contribution is 5.55. The first kappa shape index (κ1) is 17.0. The summed E-state index contributed by atoms with van der Waals surface area (Å²) in [5.41, 5.74) is 10.4. The van der Waals surface area contributed by atoms with Crippen LogP contribution >= 0.6 is 0 Å². The summed E-state index contributed by atoms with van der Waals surface area (Å²) < 4.78 is 0. The Hall–Kier alpha value is -1.02. The van der Waals surface area contributed by atoms with Crippen molar-refractivity contribution in [2.75, 3.05) is 18.0 Å². The molecule has 114 valence electrons. The molecule has 0 unspecified atom stereocenters. The van der Waals surface area contributed by atoms with Gasteiger partial charge in [0.15, 0.2) is 0 Å². The lowest BCUT2D eigenvalue weighted by Gasteiger charge is -2.26. The summed E-state index contributed by atoms with van der Waals surface area (Å²) >= 11 is 0. The molecular weight excluding hydrogens is 244 g/mol. The summed E-state index contributed by atoms with van der Waals surface area (Å²) in [5, 5.41) is 0. The van der Waals surface area contributed by atoms with Crippen LogP contribution in [0.25, 0.3) is 0 Å². The molecule has 2 N–H and O–H groups in total. The molecule has 0 spiro atoms. The maximum absolute atomic E-state index is 5.96. The van der Waals surface area contributed by atoms with E-state index in [-0.39, 0.29) is 0 Å². The second-order valence-corrected chi connectivity index (χ2v) is 6.81. The van der Waals surface area contributed by atoms with Gasteiger partial charge < -0.3 is 10.6 Å². The fraction of sp³-hybridized carbons (Fsp3) is 0.667. The Bertz CT molecular complexity index is 404. The minimum absolute atomic E-state index is 0.388. The van der Waals surface area contributed by atoms with Crippen molar-refractivity contribution in [3.05, 3.63) is 29.3 Å². The number of nitrogens with zero attached hydrogens (tertiary/aromatic N) is 1. The second-order valence-electron chi connectivity index (χ2n) is 6.81. The van der Waals surface area contributed by atoms with Crippen molar-refractivity contribution in [2.45, 2.75) is 60.4 Å². The Balaban J connectivity index is 2.89. The summed E-state index contributed by atoms with van der Waals surface area (Å²) in [6.45, 7) is 14.1. The molecule has 0 aliphatic heterocycles. The predicted molar refractivity (Wildman–Crippen MR) is 90.3 cm³/mol. The van der Waals surface area contributed by atoms with Crippen molar-refractivity contribution in [1.82, 2.24) is 0 Å². The molecule has 20 heavy (non-hydrogen) atoms. The van der Waals surface area contributed by atoms with Crippen LogP contribution < -0.4 is 10.6 Å². The Kier molecular flexibility index (Phi) is 6.54. The van der Waals surface area contributed by atoms with Gasteiger partial charge in [0.25, 0.3) is 0 Å². The summed E-state index contributed by atoms with van der Waals surface area (Å²) in [4.78, 5) is 2.43. The van der Waals surface area contributed by atoms with Crippen LogP contribution in [0.5, 0.6) is 0 Å². The van der Waals surface area contributed by atoms with Gasteiger partial charge >= 0.3 is 0 Å². The first-order valence-corrected chi connectivity index (χ1v) is 7.98. The van der Waals surface area contributed by atoms with Gasteiger partial charge in [0.2, 0.25) is 0 Å². The first-order valence-electron chi connectivity index (χ1n) is 7.98. The number of hydrogen-bond acceptors (Lipinski definition) is 2. The standard InChI is InChI=1S/C18H32N2/c1-6-12-20(7-2)17-9-8-15(13-16(17)14-19)10-11-18(3,4)5/h8-9,13H,6-7,10-12,14,19H2,1-5H3. The Morgan fingerprint density at radius 3 is 2.35 bits per heavy atom. The van der Waals surface area contributed by atoms with E-state index in [1.807, 2.05) is 0 Å². The van der Waals surface area contributed by atoms with Gasteiger partial charge in [0, 0.05) is 25.3 Å². The number of benzene rings is 1. The van der Waals surface area contributed by atoms with Crippen LogP contribution in [0.2, 0.25) is 0 Å². The molecule has 0 aliphatic rings. The molecule has 1 aromatic rings. The zero-order valence-electron chi connectivity index (χ0n) is 14.0. The Morgan fingerprint density at radius 1 is 1.15 bits per heavy atom. The van der Waals surface area contributed by atoms with Crippen molar-refractivity contribution in [2.24, 2.45) is 11.1 Å². The van der Waals surface area contributed by atoms with Crippen LogP contribution in [0.3, 0.4) is 0 Å². The molecule has 0 fully saturated rings. The minimum atomic E-state index is 0.388. The molecule has 0 atom stereocenters. The van der Waals surface area contributed by atoms with Gasteiger partial charge in [-0.1, -0.05) is 39.8 Å². The van der Waals surface area contributed by atoms with Crippen LogP contribution in [-0.2, 0) is 13.0 Å². The predicted octanol–water partition coefficient (Wildman–Crippen LogP) is 4.36. The normalized spacial score (nSPS) is 11.7.